The smallest absolute Gasteiger partial charge is 0.186 e. The third-order valence-corrected chi connectivity index (χ3v) is 5.34. The number of aromatic nitrogens is 1. The van der Waals surface area contributed by atoms with Gasteiger partial charge in [0.1, 0.15) is 0 Å². The van der Waals surface area contributed by atoms with Crippen molar-refractivity contribution in [2.75, 3.05) is 18.1 Å². The van der Waals surface area contributed by atoms with E-state index in [4.69, 9.17) is 9.72 Å². The molecule has 20 heavy (non-hydrogen) atoms. The van der Waals surface area contributed by atoms with Crippen LogP contribution < -0.4 is 4.90 Å². The Kier molecular flexibility index (Phi) is 4.08. The molecule has 1 aromatic heterocycles. The number of carbonyl (C=O) groups is 1. The summed E-state index contributed by atoms with van der Waals surface area (Å²) in [6.07, 6.45) is 6.17. The maximum atomic E-state index is 11.2. The lowest BCUT2D eigenvalue weighted by atomic mass is 9.90. The molecule has 1 saturated heterocycles. The van der Waals surface area contributed by atoms with E-state index in [9.17, 15) is 4.79 Å². The van der Waals surface area contributed by atoms with Crippen LogP contribution in [0.2, 0.25) is 0 Å². The summed E-state index contributed by atoms with van der Waals surface area (Å²) in [5, 5.41) is 1.01. The molecule has 2 aliphatic rings. The first-order valence-electron chi connectivity index (χ1n) is 7.55. The lowest BCUT2D eigenvalue weighted by Gasteiger charge is -2.43. The van der Waals surface area contributed by atoms with Crippen molar-refractivity contribution in [1.82, 2.24) is 4.98 Å². The molecule has 1 aliphatic carbocycles. The Bertz CT molecular complexity index is 484. The summed E-state index contributed by atoms with van der Waals surface area (Å²) < 4.78 is 5.91. The number of morpholine rings is 1. The van der Waals surface area contributed by atoms with E-state index >= 15 is 0 Å². The highest BCUT2D eigenvalue weighted by Gasteiger charge is 2.36. The minimum Gasteiger partial charge on any atom is -0.374 e. The van der Waals surface area contributed by atoms with Gasteiger partial charge in [-0.05, 0) is 18.8 Å². The summed E-state index contributed by atoms with van der Waals surface area (Å²) in [5.74, 6) is 0.295. The number of fused-ring (bicyclic) bond motifs is 1. The van der Waals surface area contributed by atoms with Gasteiger partial charge in [-0.15, -0.1) is 0 Å². The molecule has 110 valence electrons. The summed E-state index contributed by atoms with van der Waals surface area (Å²) in [7, 11) is 0. The zero-order valence-electron chi connectivity index (χ0n) is 12.2. The zero-order chi connectivity index (χ0) is 14.1. The minimum atomic E-state index is 0.295. The monoisotopic (exact) mass is 294 g/mol. The van der Waals surface area contributed by atoms with Gasteiger partial charge in [0.2, 0.25) is 0 Å². The Labute approximate surface area is 124 Å². The first kappa shape index (κ1) is 14.0. The number of hydrogen-bond donors (Lipinski definition) is 0. The van der Waals surface area contributed by atoms with Gasteiger partial charge in [-0.3, -0.25) is 4.79 Å². The van der Waals surface area contributed by atoms with Crippen LogP contribution in [0.25, 0.3) is 0 Å². The average molecular weight is 294 g/mol. The van der Waals surface area contributed by atoms with Crippen LogP contribution in [0.3, 0.4) is 0 Å². The predicted molar refractivity (Wildman–Crippen MR) is 80.9 cm³/mol. The Morgan fingerprint density at radius 2 is 2.20 bits per heavy atom. The maximum Gasteiger partial charge on any atom is 0.186 e. The van der Waals surface area contributed by atoms with Crippen molar-refractivity contribution in [3.63, 3.8) is 0 Å². The normalized spacial score (nSPS) is 26.6. The van der Waals surface area contributed by atoms with Crippen LogP contribution in [-0.2, 0) is 4.74 Å². The van der Waals surface area contributed by atoms with Gasteiger partial charge < -0.3 is 9.64 Å². The van der Waals surface area contributed by atoms with E-state index in [0.717, 1.165) is 41.6 Å². The van der Waals surface area contributed by atoms with E-state index in [-0.39, 0.29) is 0 Å². The number of anilines is 1. The molecule has 2 atom stereocenters. The maximum absolute atomic E-state index is 11.2. The van der Waals surface area contributed by atoms with Crippen LogP contribution in [-0.4, -0.2) is 36.6 Å². The van der Waals surface area contributed by atoms with E-state index in [1.165, 1.54) is 19.3 Å². The molecule has 0 radical (unpaired) electrons. The molecule has 0 bridgehead atoms. The number of hydrogen-bond acceptors (Lipinski definition) is 5. The van der Waals surface area contributed by atoms with E-state index in [2.05, 4.69) is 18.7 Å². The number of aldehydes is 1. The van der Waals surface area contributed by atoms with Crippen LogP contribution in [0.15, 0.2) is 0 Å². The van der Waals surface area contributed by atoms with E-state index in [1.54, 1.807) is 11.3 Å². The Morgan fingerprint density at radius 3 is 2.90 bits per heavy atom. The second-order valence-corrected chi connectivity index (χ2v) is 6.98. The SMILES string of the molecule is CC(C)c1nc(N2CCOC3CCCCC32)sc1C=O. The molecule has 2 unspecified atom stereocenters. The molecule has 1 aromatic rings. The highest BCUT2D eigenvalue weighted by atomic mass is 32.1. The van der Waals surface area contributed by atoms with Crippen LogP contribution in [0.4, 0.5) is 5.13 Å². The van der Waals surface area contributed by atoms with Crippen LogP contribution in [0.5, 0.6) is 0 Å². The van der Waals surface area contributed by atoms with Crippen molar-refractivity contribution in [1.29, 1.82) is 0 Å². The molecule has 2 fully saturated rings. The molecule has 0 N–H and O–H groups in total. The lowest BCUT2D eigenvalue weighted by Crippen LogP contribution is -2.52. The van der Waals surface area contributed by atoms with Crippen molar-refractivity contribution in [3.8, 4) is 0 Å². The second kappa shape index (κ2) is 5.82. The summed E-state index contributed by atoms with van der Waals surface area (Å²) >= 11 is 1.54. The molecule has 1 aliphatic heterocycles. The van der Waals surface area contributed by atoms with Crippen LogP contribution in [0, 0.1) is 0 Å². The summed E-state index contributed by atoms with van der Waals surface area (Å²) in [6.45, 7) is 5.85. The first-order chi connectivity index (χ1) is 9.70. The third-order valence-electron chi connectivity index (χ3n) is 4.30. The average Bonchev–Trinajstić information content (AvgIpc) is 2.91. The molecule has 1 saturated carbocycles. The quantitative estimate of drug-likeness (QED) is 0.803. The number of ether oxygens (including phenoxy) is 1. The van der Waals surface area contributed by atoms with Crippen LogP contribution >= 0.6 is 11.3 Å². The fourth-order valence-electron chi connectivity index (χ4n) is 3.29. The van der Waals surface area contributed by atoms with Crippen molar-refractivity contribution in [2.24, 2.45) is 0 Å². The second-order valence-electron chi connectivity index (χ2n) is 5.97. The van der Waals surface area contributed by atoms with E-state index < -0.39 is 0 Å². The molecule has 4 nitrogen and oxygen atoms in total. The molecule has 0 spiro atoms. The molecular weight excluding hydrogens is 272 g/mol. The van der Waals surface area contributed by atoms with Crippen molar-refractivity contribution in [2.45, 2.75) is 57.6 Å². The van der Waals surface area contributed by atoms with Crippen molar-refractivity contribution >= 4 is 22.8 Å². The van der Waals surface area contributed by atoms with Gasteiger partial charge in [-0.2, -0.15) is 0 Å². The van der Waals surface area contributed by atoms with Crippen LogP contribution in [0.1, 0.15) is 60.8 Å². The van der Waals surface area contributed by atoms with Gasteiger partial charge >= 0.3 is 0 Å². The number of rotatable bonds is 3. The molecular formula is C15H22N2O2S. The molecule has 3 rings (SSSR count). The number of nitrogens with zero attached hydrogens (tertiary/aromatic N) is 2. The fourth-order valence-corrected chi connectivity index (χ4v) is 4.41. The summed E-state index contributed by atoms with van der Waals surface area (Å²) in [5.41, 5.74) is 0.943. The van der Waals surface area contributed by atoms with Gasteiger partial charge in [0.25, 0.3) is 0 Å². The fraction of sp³-hybridized carbons (Fsp3) is 0.733. The Balaban J connectivity index is 1.89. The summed E-state index contributed by atoms with van der Waals surface area (Å²) in [6, 6.07) is 0.447. The molecule has 2 heterocycles. The zero-order valence-corrected chi connectivity index (χ0v) is 13.0. The highest BCUT2D eigenvalue weighted by Crippen LogP contribution is 2.36. The minimum absolute atomic E-state index is 0.295. The van der Waals surface area contributed by atoms with Gasteiger partial charge in [0.05, 0.1) is 29.3 Å². The van der Waals surface area contributed by atoms with Crippen molar-refractivity contribution < 1.29 is 9.53 Å². The summed E-state index contributed by atoms with van der Waals surface area (Å²) in [4.78, 5) is 19.2. The molecule has 0 aromatic carbocycles. The highest BCUT2D eigenvalue weighted by molar-refractivity contribution is 7.17. The largest absolute Gasteiger partial charge is 0.374 e. The standard InChI is InChI=1S/C15H22N2O2S/c1-10(2)14-13(9-18)20-15(16-14)17-7-8-19-12-6-4-3-5-11(12)17/h9-12H,3-8H2,1-2H3. The molecule has 0 amide bonds. The van der Waals surface area contributed by atoms with Crippen molar-refractivity contribution in [3.05, 3.63) is 10.6 Å². The van der Waals surface area contributed by atoms with E-state index in [1.807, 2.05) is 0 Å². The number of thiazole rings is 1. The van der Waals surface area contributed by atoms with Gasteiger partial charge in [-0.25, -0.2) is 4.98 Å². The van der Waals surface area contributed by atoms with Gasteiger partial charge in [0, 0.05) is 6.54 Å². The number of carbonyl (C=O) groups excluding carboxylic acids is 1. The third kappa shape index (κ3) is 2.49. The lowest BCUT2D eigenvalue weighted by molar-refractivity contribution is -0.00870. The predicted octanol–water partition coefficient (Wildman–Crippen LogP) is 3.23. The first-order valence-corrected chi connectivity index (χ1v) is 8.36. The van der Waals surface area contributed by atoms with Gasteiger partial charge in [-0.1, -0.05) is 38.0 Å². The van der Waals surface area contributed by atoms with Gasteiger partial charge in [0.15, 0.2) is 11.4 Å². The van der Waals surface area contributed by atoms with E-state index in [0.29, 0.717) is 18.1 Å². The topological polar surface area (TPSA) is 42.4 Å². The molecule has 5 heteroatoms. The Morgan fingerprint density at radius 1 is 1.40 bits per heavy atom. The Hall–Kier alpha value is -0.940.